The molecule has 1 heterocycles. The summed E-state index contributed by atoms with van der Waals surface area (Å²) in [6.45, 7) is 4.80. The third-order valence-electron chi connectivity index (χ3n) is 4.32. The first-order chi connectivity index (χ1) is 11.2. The van der Waals surface area contributed by atoms with Gasteiger partial charge in [-0.15, -0.1) is 0 Å². The van der Waals surface area contributed by atoms with Crippen molar-refractivity contribution in [2.75, 3.05) is 37.6 Å². The summed E-state index contributed by atoms with van der Waals surface area (Å²) >= 11 is 3.48. The Labute approximate surface area is 146 Å². The molecular formula is C19H23BrN2O. The van der Waals surface area contributed by atoms with E-state index in [0.29, 0.717) is 6.42 Å². The van der Waals surface area contributed by atoms with Crippen molar-refractivity contribution in [3.05, 3.63) is 64.6 Å². The van der Waals surface area contributed by atoms with E-state index < -0.39 is 0 Å². The fourth-order valence-corrected chi connectivity index (χ4v) is 3.57. The molecule has 1 saturated heterocycles. The number of aliphatic hydroxyl groups is 1. The van der Waals surface area contributed by atoms with Crippen LogP contribution in [0.15, 0.2) is 59.1 Å². The van der Waals surface area contributed by atoms with Crippen molar-refractivity contribution < 1.29 is 5.11 Å². The minimum absolute atomic E-state index is 0.312. The zero-order valence-electron chi connectivity index (χ0n) is 13.2. The molecule has 0 aliphatic carbocycles. The van der Waals surface area contributed by atoms with E-state index in [1.807, 2.05) is 12.1 Å². The summed E-state index contributed by atoms with van der Waals surface area (Å²) in [5, 5.41) is 10.4. The Bertz CT molecular complexity index is 612. The highest BCUT2D eigenvalue weighted by molar-refractivity contribution is 9.10. The summed E-state index contributed by atoms with van der Waals surface area (Å²) in [5.74, 6) is 0. The van der Waals surface area contributed by atoms with Gasteiger partial charge in [-0.3, -0.25) is 4.90 Å². The highest BCUT2D eigenvalue weighted by Crippen LogP contribution is 2.17. The predicted molar refractivity (Wildman–Crippen MR) is 98.9 cm³/mol. The summed E-state index contributed by atoms with van der Waals surface area (Å²) in [7, 11) is 0. The van der Waals surface area contributed by atoms with Crippen molar-refractivity contribution in [1.82, 2.24) is 4.90 Å². The Morgan fingerprint density at radius 3 is 2.39 bits per heavy atom. The monoisotopic (exact) mass is 374 g/mol. The number of aliphatic hydroxyl groups excluding tert-OH is 1. The topological polar surface area (TPSA) is 26.7 Å². The van der Waals surface area contributed by atoms with Crippen molar-refractivity contribution in [2.45, 2.75) is 12.5 Å². The minimum Gasteiger partial charge on any atom is -0.391 e. The molecule has 1 N–H and O–H groups in total. The SMILES string of the molecule is OC(Cc1cccc(Br)c1)CN1CCN(c2ccccc2)CC1. The number of benzene rings is 2. The van der Waals surface area contributed by atoms with Gasteiger partial charge in [-0.1, -0.05) is 46.3 Å². The molecule has 0 spiro atoms. The van der Waals surface area contributed by atoms with Gasteiger partial charge in [-0.25, -0.2) is 0 Å². The molecule has 1 atom stereocenters. The number of β-amino-alcohol motifs (C(OH)–C–C–N with tert-alkyl or cyclic N) is 1. The van der Waals surface area contributed by atoms with E-state index in [9.17, 15) is 5.11 Å². The van der Waals surface area contributed by atoms with Crippen LogP contribution in [0.3, 0.4) is 0 Å². The van der Waals surface area contributed by atoms with Gasteiger partial charge in [0.15, 0.2) is 0 Å². The van der Waals surface area contributed by atoms with Crippen LogP contribution in [-0.2, 0) is 6.42 Å². The van der Waals surface area contributed by atoms with Crippen LogP contribution in [0.4, 0.5) is 5.69 Å². The van der Waals surface area contributed by atoms with Gasteiger partial charge >= 0.3 is 0 Å². The smallest absolute Gasteiger partial charge is 0.0707 e. The molecule has 1 fully saturated rings. The van der Waals surface area contributed by atoms with E-state index in [2.05, 4.69) is 68.2 Å². The number of anilines is 1. The molecule has 3 rings (SSSR count). The Balaban J connectivity index is 1.47. The molecule has 1 aliphatic heterocycles. The Kier molecular flexibility index (Phi) is 5.70. The van der Waals surface area contributed by atoms with Gasteiger partial charge in [0, 0.05) is 42.9 Å². The van der Waals surface area contributed by atoms with Crippen molar-refractivity contribution in [2.24, 2.45) is 0 Å². The minimum atomic E-state index is -0.312. The van der Waals surface area contributed by atoms with Crippen molar-refractivity contribution in [3.63, 3.8) is 0 Å². The zero-order valence-corrected chi connectivity index (χ0v) is 14.8. The number of rotatable bonds is 5. The second-order valence-corrected chi connectivity index (χ2v) is 7.03. The Hall–Kier alpha value is -1.36. The molecule has 3 nitrogen and oxygen atoms in total. The number of hydrogen-bond donors (Lipinski definition) is 1. The molecule has 1 unspecified atom stereocenters. The molecule has 0 aromatic heterocycles. The number of hydrogen-bond acceptors (Lipinski definition) is 3. The number of para-hydroxylation sites is 1. The average Bonchev–Trinajstić information content (AvgIpc) is 2.56. The molecule has 1 aliphatic rings. The van der Waals surface area contributed by atoms with Crippen LogP contribution >= 0.6 is 15.9 Å². The normalized spacial score (nSPS) is 17.2. The lowest BCUT2D eigenvalue weighted by Crippen LogP contribution is -2.48. The maximum Gasteiger partial charge on any atom is 0.0707 e. The molecule has 0 saturated carbocycles. The molecule has 0 bridgehead atoms. The highest BCUT2D eigenvalue weighted by atomic mass is 79.9. The molecule has 4 heteroatoms. The van der Waals surface area contributed by atoms with Crippen LogP contribution in [0.25, 0.3) is 0 Å². The van der Waals surface area contributed by atoms with Crippen molar-refractivity contribution in [1.29, 1.82) is 0 Å². The first-order valence-corrected chi connectivity index (χ1v) is 8.95. The van der Waals surface area contributed by atoms with Crippen LogP contribution in [0.2, 0.25) is 0 Å². The van der Waals surface area contributed by atoms with E-state index >= 15 is 0 Å². The number of halogens is 1. The molecule has 23 heavy (non-hydrogen) atoms. The zero-order chi connectivity index (χ0) is 16.1. The van der Waals surface area contributed by atoms with Crippen LogP contribution in [0, 0.1) is 0 Å². The van der Waals surface area contributed by atoms with Crippen LogP contribution in [0.1, 0.15) is 5.56 Å². The second kappa shape index (κ2) is 7.95. The lowest BCUT2D eigenvalue weighted by atomic mass is 10.1. The lowest BCUT2D eigenvalue weighted by molar-refractivity contribution is 0.109. The van der Waals surface area contributed by atoms with Gasteiger partial charge in [0.05, 0.1) is 6.10 Å². The summed E-state index contributed by atoms with van der Waals surface area (Å²) < 4.78 is 1.07. The first-order valence-electron chi connectivity index (χ1n) is 8.15. The van der Waals surface area contributed by atoms with Crippen LogP contribution in [-0.4, -0.2) is 48.8 Å². The van der Waals surface area contributed by atoms with Crippen molar-refractivity contribution in [3.8, 4) is 0 Å². The Morgan fingerprint density at radius 2 is 1.70 bits per heavy atom. The van der Waals surface area contributed by atoms with Gasteiger partial charge in [0.1, 0.15) is 0 Å². The van der Waals surface area contributed by atoms with Gasteiger partial charge in [0.2, 0.25) is 0 Å². The van der Waals surface area contributed by atoms with E-state index in [-0.39, 0.29) is 6.10 Å². The fourth-order valence-electron chi connectivity index (χ4n) is 3.13. The summed E-state index contributed by atoms with van der Waals surface area (Å²) in [4.78, 5) is 4.78. The predicted octanol–water partition coefficient (Wildman–Crippen LogP) is 3.17. The summed E-state index contributed by atoms with van der Waals surface area (Å²) in [6.07, 6.45) is 0.394. The van der Waals surface area contributed by atoms with Crippen LogP contribution in [0.5, 0.6) is 0 Å². The van der Waals surface area contributed by atoms with E-state index in [1.165, 1.54) is 11.3 Å². The maximum atomic E-state index is 10.4. The van der Waals surface area contributed by atoms with Gasteiger partial charge in [-0.05, 0) is 36.2 Å². The first kappa shape index (κ1) is 16.5. The second-order valence-electron chi connectivity index (χ2n) is 6.11. The molecular weight excluding hydrogens is 352 g/mol. The number of piperazine rings is 1. The van der Waals surface area contributed by atoms with E-state index in [1.54, 1.807) is 0 Å². The third-order valence-corrected chi connectivity index (χ3v) is 4.82. The molecule has 2 aromatic rings. The largest absolute Gasteiger partial charge is 0.391 e. The highest BCUT2D eigenvalue weighted by Gasteiger charge is 2.19. The number of nitrogens with zero attached hydrogens (tertiary/aromatic N) is 2. The standard InChI is InChI=1S/C19H23BrN2O/c20-17-6-4-5-16(13-17)14-19(23)15-21-9-11-22(12-10-21)18-7-2-1-3-8-18/h1-8,13,19,23H,9-12,14-15H2. The third kappa shape index (κ3) is 4.80. The Morgan fingerprint density at radius 1 is 0.957 bits per heavy atom. The van der Waals surface area contributed by atoms with Gasteiger partial charge in [0.25, 0.3) is 0 Å². The molecule has 0 radical (unpaired) electrons. The van der Waals surface area contributed by atoms with E-state index in [4.69, 9.17) is 0 Å². The lowest BCUT2D eigenvalue weighted by Gasteiger charge is -2.37. The summed E-state index contributed by atoms with van der Waals surface area (Å²) in [5.41, 5.74) is 2.47. The molecule has 2 aromatic carbocycles. The molecule has 0 amide bonds. The quantitative estimate of drug-likeness (QED) is 0.870. The van der Waals surface area contributed by atoms with Crippen LogP contribution < -0.4 is 4.90 Å². The molecule has 122 valence electrons. The average molecular weight is 375 g/mol. The summed E-state index contributed by atoms with van der Waals surface area (Å²) in [6, 6.07) is 18.7. The maximum absolute atomic E-state index is 10.4. The van der Waals surface area contributed by atoms with Gasteiger partial charge in [-0.2, -0.15) is 0 Å². The van der Waals surface area contributed by atoms with E-state index in [0.717, 1.165) is 37.2 Å². The van der Waals surface area contributed by atoms with Crippen molar-refractivity contribution >= 4 is 21.6 Å². The fraction of sp³-hybridized carbons (Fsp3) is 0.368. The van der Waals surface area contributed by atoms with Gasteiger partial charge < -0.3 is 10.0 Å².